The first-order valence-electron chi connectivity index (χ1n) is 10.9. The van der Waals surface area contributed by atoms with Crippen molar-refractivity contribution in [3.05, 3.63) is 57.3 Å². The fourth-order valence-corrected chi connectivity index (χ4v) is 4.00. The van der Waals surface area contributed by atoms with Crippen LogP contribution in [0.3, 0.4) is 0 Å². The molecule has 0 saturated heterocycles. The molecule has 2 atom stereocenters. The van der Waals surface area contributed by atoms with E-state index in [1.54, 1.807) is 32.4 Å². The van der Waals surface area contributed by atoms with Crippen molar-refractivity contribution in [2.45, 2.75) is 46.4 Å². The summed E-state index contributed by atoms with van der Waals surface area (Å²) in [5.41, 5.74) is 2.78. The number of nitrogens with zero attached hydrogens (tertiary/aromatic N) is 2. The molecule has 0 fully saturated rings. The van der Waals surface area contributed by atoms with Crippen molar-refractivity contribution >= 4 is 16.9 Å². The predicted molar refractivity (Wildman–Crippen MR) is 126 cm³/mol. The molecule has 0 aromatic carbocycles. The largest absolute Gasteiger partial charge is 0.496 e. The van der Waals surface area contributed by atoms with Gasteiger partial charge in [0.05, 0.1) is 50.1 Å². The van der Waals surface area contributed by atoms with Crippen molar-refractivity contribution in [2.75, 3.05) is 27.4 Å². The van der Waals surface area contributed by atoms with E-state index in [4.69, 9.17) is 14.2 Å². The topological polar surface area (TPSA) is 107 Å². The average molecular weight is 457 g/mol. The summed E-state index contributed by atoms with van der Waals surface area (Å²) in [6.07, 6.45) is 1.59. The summed E-state index contributed by atoms with van der Waals surface area (Å²) in [5.74, 6) is 0.152. The fourth-order valence-electron chi connectivity index (χ4n) is 4.00. The van der Waals surface area contributed by atoms with Crippen LogP contribution >= 0.6 is 0 Å². The fraction of sp³-hybridized carbons (Fsp3) is 0.458. The van der Waals surface area contributed by atoms with Crippen molar-refractivity contribution in [3.63, 3.8) is 0 Å². The summed E-state index contributed by atoms with van der Waals surface area (Å²) in [6.45, 7) is 8.73. The molecule has 0 aliphatic heterocycles. The highest BCUT2D eigenvalue weighted by atomic mass is 16.5. The molecule has 3 heterocycles. The number of fused-ring (bicyclic) bond motifs is 1. The number of aryl methyl sites for hydroxylation is 1. The summed E-state index contributed by atoms with van der Waals surface area (Å²) in [4.78, 5) is 33.0. The number of methoxy groups -OCH3 is 2. The van der Waals surface area contributed by atoms with Gasteiger partial charge < -0.3 is 29.1 Å². The number of hydrogen-bond acceptors (Lipinski definition) is 6. The van der Waals surface area contributed by atoms with E-state index in [0.717, 1.165) is 11.1 Å². The standard InChI is InChI=1S/C24H32N4O5/c1-14-12-20(32-6)19(23(29)27-14)13-26-24(30)21-16(3)28(22-18(21)8-7-9-25-22)15(2)17(4)33-11-10-31-5/h7-9,12,15,17H,10-11,13H2,1-6H3,(H,26,30)(H,27,29). The average Bonchev–Trinajstić information content (AvgIpc) is 3.09. The van der Waals surface area contributed by atoms with Gasteiger partial charge in [-0.1, -0.05) is 0 Å². The summed E-state index contributed by atoms with van der Waals surface area (Å²) >= 11 is 0. The first kappa shape index (κ1) is 24.5. The van der Waals surface area contributed by atoms with E-state index in [-0.39, 0.29) is 30.2 Å². The number of H-pyrrole nitrogens is 1. The lowest BCUT2D eigenvalue weighted by molar-refractivity contribution is 0.00435. The van der Waals surface area contributed by atoms with Crippen molar-refractivity contribution < 1.29 is 19.0 Å². The Kier molecular flexibility index (Phi) is 7.88. The lowest BCUT2D eigenvalue weighted by Crippen LogP contribution is -2.28. The number of ether oxygens (including phenoxy) is 3. The third-order valence-corrected chi connectivity index (χ3v) is 5.86. The first-order valence-corrected chi connectivity index (χ1v) is 10.9. The quantitative estimate of drug-likeness (QED) is 0.454. The molecule has 1 amide bonds. The minimum absolute atomic E-state index is 0.0378. The van der Waals surface area contributed by atoms with Crippen LogP contribution in [-0.4, -0.2) is 54.0 Å². The zero-order valence-electron chi connectivity index (χ0n) is 20.0. The van der Waals surface area contributed by atoms with E-state index in [1.165, 1.54) is 7.11 Å². The number of carbonyl (C=O) groups excluding carboxylic acids is 1. The monoisotopic (exact) mass is 456 g/mol. The normalized spacial score (nSPS) is 13.2. The Labute approximate surface area is 193 Å². The second-order valence-corrected chi connectivity index (χ2v) is 8.03. The molecule has 0 spiro atoms. The number of hydrogen-bond donors (Lipinski definition) is 2. The highest BCUT2D eigenvalue weighted by Crippen LogP contribution is 2.30. The molecule has 3 aromatic heterocycles. The summed E-state index contributed by atoms with van der Waals surface area (Å²) in [7, 11) is 3.14. The molecule has 9 heteroatoms. The van der Waals surface area contributed by atoms with Crippen molar-refractivity contribution in [3.8, 4) is 5.75 Å². The van der Waals surface area contributed by atoms with Crippen molar-refractivity contribution in [1.29, 1.82) is 0 Å². The predicted octanol–water partition coefficient (Wildman–Crippen LogP) is 2.89. The Hall–Kier alpha value is -3.17. The SMILES string of the molecule is COCCOC(C)C(C)n1c(C)c(C(=O)NCc2c(OC)cc(C)[nH]c2=O)c2cccnc21. The number of aromatic nitrogens is 3. The van der Waals surface area contributed by atoms with Gasteiger partial charge in [-0.2, -0.15) is 0 Å². The van der Waals surface area contributed by atoms with Crippen LogP contribution in [0, 0.1) is 13.8 Å². The first-order chi connectivity index (χ1) is 15.8. The minimum atomic E-state index is -0.288. The van der Waals surface area contributed by atoms with Gasteiger partial charge >= 0.3 is 0 Å². The Morgan fingerprint density at radius 3 is 2.70 bits per heavy atom. The van der Waals surface area contributed by atoms with Crippen LogP contribution in [0.5, 0.6) is 5.75 Å². The van der Waals surface area contributed by atoms with Gasteiger partial charge in [0.2, 0.25) is 0 Å². The molecule has 33 heavy (non-hydrogen) atoms. The summed E-state index contributed by atoms with van der Waals surface area (Å²) in [6, 6.07) is 5.35. The molecule has 178 valence electrons. The Balaban J connectivity index is 1.92. The Morgan fingerprint density at radius 2 is 2.00 bits per heavy atom. The summed E-state index contributed by atoms with van der Waals surface area (Å²) in [5, 5.41) is 3.62. The van der Waals surface area contributed by atoms with Crippen LogP contribution < -0.4 is 15.6 Å². The highest BCUT2D eigenvalue weighted by molar-refractivity contribution is 6.07. The maximum atomic E-state index is 13.3. The van der Waals surface area contributed by atoms with Crippen LogP contribution in [-0.2, 0) is 16.0 Å². The Bertz CT molecular complexity index is 1180. The number of amides is 1. The second-order valence-electron chi connectivity index (χ2n) is 8.03. The van der Waals surface area contributed by atoms with Gasteiger partial charge in [0.25, 0.3) is 11.5 Å². The molecule has 0 saturated carbocycles. The molecule has 2 N–H and O–H groups in total. The molecule has 9 nitrogen and oxygen atoms in total. The maximum Gasteiger partial charge on any atom is 0.256 e. The zero-order chi connectivity index (χ0) is 24.1. The van der Waals surface area contributed by atoms with Gasteiger partial charge in [-0.15, -0.1) is 0 Å². The van der Waals surface area contributed by atoms with E-state index in [0.29, 0.717) is 41.4 Å². The van der Waals surface area contributed by atoms with E-state index >= 15 is 0 Å². The van der Waals surface area contributed by atoms with E-state index < -0.39 is 0 Å². The van der Waals surface area contributed by atoms with Gasteiger partial charge in [0.15, 0.2) is 0 Å². The maximum absolute atomic E-state index is 13.3. The highest BCUT2D eigenvalue weighted by Gasteiger charge is 2.26. The molecule has 0 aliphatic rings. The summed E-state index contributed by atoms with van der Waals surface area (Å²) < 4.78 is 18.3. The number of rotatable bonds is 10. The number of carbonyl (C=O) groups is 1. The zero-order valence-corrected chi connectivity index (χ0v) is 20.0. The lowest BCUT2D eigenvalue weighted by Gasteiger charge is -2.24. The molecule has 0 radical (unpaired) electrons. The lowest BCUT2D eigenvalue weighted by atomic mass is 10.1. The molecule has 3 aromatic rings. The second kappa shape index (κ2) is 10.6. The smallest absolute Gasteiger partial charge is 0.256 e. The van der Waals surface area contributed by atoms with Crippen LogP contribution in [0.25, 0.3) is 11.0 Å². The van der Waals surface area contributed by atoms with E-state index in [1.807, 2.05) is 31.4 Å². The molecule has 2 unspecified atom stereocenters. The van der Waals surface area contributed by atoms with Gasteiger partial charge in [-0.05, 0) is 45.9 Å². The van der Waals surface area contributed by atoms with Crippen LogP contribution in [0.2, 0.25) is 0 Å². The number of pyridine rings is 2. The molecule has 3 rings (SSSR count). The van der Waals surface area contributed by atoms with Crippen LogP contribution in [0.1, 0.15) is 47.2 Å². The van der Waals surface area contributed by atoms with Crippen LogP contribution in [0.15, 0.2) is 29.2 Å². The van der Waals surface area contributed by atoms with Crippen molar-refractivity contribution in [1.82, 2.24) is 19.9 Å². The van der Waals surface area contributed by atoms with Gasteiger partial charge in [0, 0.05) is 30.1 Å². The number of nitrogens with one attached hydrogen (secondary N) is 2. The molecule has 0 aliphatic carbocycles. The van der Waals surface area contributed by atoms with Crippen LogP contribution in [0.4, 0.5) is 0 Å². The molecular weight excluding hydrogens is 424 g/mol. The molecule has 0 bridgehead atoms. The van der Waals surface area contributed by atoms with Gasteiger partial charge in [0.1, 0.15) is 11.4 Å². The third kappa shape index (κ3) is 5.09. The van der Waals surface area contributed by atoms with Gasteiger partial charge in [-0.3, -0.25) is 9.59 Å². The van der Waals surface area contributed by atoms with E-state index in [2.05, 4.69) is 15.3 Å². The third-order valence-electron chi connectivity index (χ3n) is 5.86. The minimum Gasteiger partial charge on any atom is -0.496 e. The van der Waals surface area contributed by atoms with Gasteiger partial charge in [-0.25, -0.2) is 4.98 Å². The van der Waals surface area contributed by atoms with Crippen molar-refractivity contribution in [2.24, 2.45) is 0 Å². The molecular formula is C24H32N4O5. The van der Waals surface area contributed by atoms with E-state index in [9.17, 15) is 9.59 Å². The number of aromatic amines is 1. The Morgan fingerprint density at radius 1 is 1.24 bits per heavy atom.